The Bertz CT molecular complexity index is 666. The molecule has 0 unspecified atom stereocenters. The maximum absolute atomic E-state index is 12.4. The van der Waals surface area contributed by atoms with E-state index in [1.54, 1.807) is 11.0 Å². The zero-order valence-corrected chi connectivity index (χ0v) is 14.3. The molecule has 10 heteroatoms. The molecule has 7 nitrogen and oxygen atoms in total. The Hall–Kier alpha value is -1.16. The zero-order chi connectivity index (χ0) is 16.3. The monoisotopic (exact) mass is 365 g/mol. The molecule has 1 aromatic rings. The highest BCUT2D eigenvalue weighted by atomic mass is 35.5. The van der Waals surface area contributed by atoms with Crippen LogP contribution in [0.5, 0.6) is 0 Å². The molecule has 2 amide bonds. The molecule has 0 spiro atoms. The third kappa shape index (κ3) is 3.97. The maximum atomic E-state index is 12.4. The average molecular weight is 366 g/mol. The van der Waals surface area contributed by atoms with Gasteiger partial charge in [0.2, 0.25) is 11.8 Å². The van der Waals surface area contributed by atoms with Gasteiger partial charge in [0.1, 0.15) is 4.21 Å². The molecule has 1 N–H and O–H groups in total. The smallest absolute Gasteiger partial charge is 0.252 e. The van der Waals surface area contributed by atoms with E-state index in [9.17, 15) is 18.0 Å². The summed E-state index contributed by atoms with van der Waals surface area (Å²) in [4.78, 5) is 24.2. The van der Waals surface area contributed by atoms with Crippen LogP contribution in [-0.2, 0) is 19.6 Å². The fraction of sp³-hybridized carbons (Fsp3) is 0.500. The van der Waals surface area contributed by atoms with Gasteiger partial charge in [0.15, 0.2) is 0 Å². The molecule has 1 saturated heterocycles. The van der Waals surface area contributed by atoms with Crippen LogP contribution >= 0.6 is 22.9 Å². The molecule has 0 radical (unpaired) electrons. The zero-order valence-electron chi connectivity index (χ0n) is 11.9. The van der Waals surface area contributed by atoms with Gasteiger partial charge in [-0.3, -0.25) is 9.59 Å². The molecule has 22 heavy (non-hydrogen) atoms. The number of carbonyl (C=O) groups is 2. The van der Waals surface area contributed by atoms with Gasteiger partial charge in [-0.1, -0.05) is 11.6 Å². The number of thiophene rings is 1. The summed E-state index contributed by atoms with van der Waals surface area (Å²) in [6.45, 7) is 2.33. The minimum atomic E-state index is -3.56. The first-order valence-electron chi connectivity index (χ1n) is 6.58. The van der Waals surface area contributed by atoms with E-state index in [4.69, 9.17) is 11.6 Å². The number of halogens is 1. The van der Waals surface area contributed by atoms with Crippen molar-refractivity contribution in [2.45, 2.75) is 11.1 Å². The first kappa shape index (κ1) is 17.2. The first-order chi connectivity index (χ1) is 10.3. The van der Waals surface area contributed by atoms with Crippen molar-refractivity contribution >= 4 is 44.8 Å². The van der Waals surface area contributed by atoms with E-state index in [0.29, 0.717) is 17.4 Å². The van der Waals surface area contributed by atoms with Crippen LogP contribution in [0.1, 0.15) is 6.92 Å². The lowest BCUT2D eigenvalue weighted by Crippen LogP contribution is -2.52. The number of piperazine rings is 1. The fourth-order valence-corrected chi connectivity index (χ4v) is 5.11. The number of hydrogen-bond donors (Lipinski definition) is 1. The van der Waals surface area contributed by atoms with Crippen molar-refractivity contribution in [3.63, 3.8) is 0 Å². The predicted molar refractivity (Wildman–Crippen MR) is 83.4 cm³/mol. The minimum Gasteiger partial charge on any atom is -0.347 e. The summed E-state index contributed by atoms with van der Waals surface area (Å²) in [5.74, 6) is -0.490. The van der Waals surface area contributed by atoms with E-state index < -0.39 is 10.0 Å². The van der Waals surface area contributed by atoms with Crippen molar-refractivity contribution in [2.75, 3.05) is 32.7 Å². The van der Waals surface area contributed by atoms with Crippen molar-refractivity contribution in [1.82, 2.24) is 14.5 Å². The van der Waals surface area contributed by atoms with Crippen LogP contribution in [0.2, 0.25) is 4.34 Å². The van der Waals surface area contributed by atoms with Crippen LogP contribution in [-0.4, -0.2) is 62.2 Å². The van der Waals surface area contributed by atoms with Gasteiger partial charge >= 0.3 is 0 Å². The van der Waals surface area contributed by atoms with Crippen LogP contribution in [0.25, 0.3) is 0 Å². The molecule has 0 aromatic carbocycles. The predicted octanol–water partition coefficient (Wildman–Crippen LogP) is 0.371. The van der Waals surface area contributed by atoms with Crippen LogP contribution < -0.4 is 5.32 Å². The molecule has 2 rings (SSSR count). The van der Waals surface area contributed by atoms with Gasteiger partial charge in [0.05, 0.1) is 10.9 Å². The standard InChI is InChI=1S/C12H16ClN3O4S2/c1-9(17)14-8-11(18)15-4-6-16(7-5-15)22(19,20)12-3-2-10(13)21-12/h2-3H,4-8H2,1H3,(H,14,17). The quantitative estimate of drug-likeness (QED) is 0.835. The molecule has 0 saturated carbocycles. The lowest BCUT2D eigenvalue weighted by molar-refractivity contribution is -0.133. The number of amides is 2. The van der Waals surface area contributed by atoms with Crippen LogP contribution in [0.4, 0.5) is 0 Å². The summed E-state index contributed by atoms with van der Waals surface area (Å²) in [6.07, 6.45) is 0. The molecular formula is C12H16ClN3O4S2. The molecule has 1 aromatic heterocycles. The summed E-state index contributed by atoms with van der Waals surface area (Å²) in [5, 5.41) is 2.44. The van der Waals surface area contributed by atoms with Crippen LogP contribution in [0.3, 0.4) is 0 Å². The third-order valence-electron chi connectivity index (χ3n) is 3.22. The van der Waals surface area contributed by atoms with E-state index in [0.717, 1.165) is 11.3 Å². The molecule has 0 atom stereocenters. The number of rotatable bonds is 4. The van der Waals surface area contributed by atoms with Crippen molar-refractivity contribution < 1.29 is 18.0 Å². The van der Waals surface area contributed by atoms with Gasteiger partial charge in [0, 0.05) is 33.1 Å². The van der Waals surface area contributed by atoms with Gasteiger partial charge in [0.25, 0.3) is 10.0 Å². The largest absolute Gasteiger partial charge is 0.347 e. The number of nitrogens with one attached hydrogen (secondary N) is 1. The normalized spacial score (nSPS) is 16.5. The molecule has 1 fully saturated rings. The Morgan fingerprint density at radius 1 is 1.27 bits per heavy atom. The molecule has 0 bridgehead atoms. The Kier molecular flexibility index (Phi) is 5.43. The summed E-state index contributed by atoms with van der Waals surface area (Å²) >= 11 is 6.79. The van der Waals surface area contributed by atoms with Gasteiger partial charge in [-0.05, 0) is 12.1 Å². The number of hydrogen-bond acceptors (Lipinski definition) is 5. The Balaban J connectivity index is 1.94. The number of sulfonamides is 1. The van der Waals surface area contributed by atoms with Gasteiger partial charge in [-0.25, -0.2) is 8.42 Å². The SMILES string of the molecule is CC(=O)NCC(=O)N1CCN(S(=O)(=O)c2ccc(Cl)s2)CC1. The van der Waals surface area contributed by atoms with Crippen LogP contribution in [0, 0.1) is 0 Å². The molecule has 0 aliphatic carbocycles. The third-order valence-corrected chi connectivity index (χ3v) is 6.82. The topological polar surface area (TPSA) is 86.8 Å². The second-order valence-corrected chi connectivity index (χ2v) is 8.63. The van der Waals surface area contributed by atoms with Crippen molar-refractivity contribution in [2.24, 2.45) is 0 Å². The molecule has 1 aliphatic rings. The van der Waals surface area contributed by atoms with Crippen molar-refractivity contribution in [3.05, 3.63) is 16.5 Å². The van der Waals surface area contributed by atoms with Crippen molar-refractivity contribution in [3.8, 4) is 0 Å². The molecule has 122 valence electrons. The highest BCUT2D eigenvalue weighted by Crippen LogP contribution is 2.28. The maximum Gasteiger partial charge on any atom is 0.252 e. The highest BCUT2D eigenvalue weighted by Gasteiger charge is 2.30. The molecular weight excluding hydrogens is 350 g/mol. The highest BCUT2D eigenvalue weighted by molar-refractivity contribution is 7.91. The van der Waals surface area contributed by atoms with Gasteiger partial charge in [-0.15, -0.1) is 11.3 Å². The minimum absolute atomic E-state index is 0.0668. The van der Waals surface area contributed by atoms with E-state index in [1.165, 1.54) is 17.3 Å². The van der Waals surface area contributed by atoms with E-state index in [-0.39, 0.29) is 35.7 Å². The van der Waals surface area contributed by atoms with Gasteiger partial charge < -0.3 is 10.2 Å². The Labute approximate surface area is 137 Å². The lowest BCUT2D eigenvalue weighted by Gasteiger charge is -2.33. The molecule has 2 heterocycles. The second-order valence-electron chi connectivity index (χ2n) is 4.75. The van der Waals surface area contributed by atoms with E-state index in [1.807, 2.05) is 0 Å². The number of carbonyl (C=O) groups excluding carboxylic acids is 2. The summed E-state index contributed by atoms with van der Waals surface area (Å²) in [6, 6.07) is 3.03. The molecule has 1 aliphatic heterocycles. The summed E-state index contributed by atoms with van der Waals surface area (Å²) < 4.78 is 26.8. The Morgan fingerprint density at radius 3 is 2.41 bits per heavy atom. The number of nitrogens with zero attached hydrogens (tertiary/aromatic N) is 2. The fourth-order valence-electron chi connectivity index (χ4n) is 2.05. The lowest BCUT2D eigenvalue weighted by atomic mass is 10.3. The van der Waals surface area contributed by atoms with Crippen LogP contribution in [0.15, 0.2) is 16.3 Å². The Morgan fingerprint density at radius 2 is 1.91 bits per heavy atom. The summed E-state index contributed by atoms with van der Waals surface area (Å²) in [7, 11) is -3.56. The summed E-state index contributed by atoms with van der Waals surface area (Å²) in [5.41, 5.74) is 0. The second kappa shape index (κ2) is 6.95. The first-order valence-corrected chi connectivity index (χ1v) is 9.22. The van der Waals surface area contributed by atoms with Crippen molar-refractivity contribution in [1.29, 1.82) is 0 Å². The van der Waals surface area contributed by atoms with Gasteiger partial charge in [-0.2, -0.15) is 4.31 Å². The van der Waals surface area contributed by atoms with E-state index in [2.05, 4.69) is 5.32 Å². The average Bonchev–Trinajstić information content (AvgIpc) is 2.92. The van der Waals surface area contributed by atoms with E-state index >= 15 is 0 Å².